The number of carboxylic acid groups (broad SMARTS) is 1. The number of imidazole rings is 1. The fraction of sp³-hybridized carbons (Fsp3) is 0.706. The Balaban J connectivity index is 1.77. The molecule has 24 heavy (non-hydrogen) atoms. The Morgan fingerprint density at radius 2 is 1.54 bits per heavy atom. The van der Waals surface area contributed by atoms with E-state index in [1.54, 1.807) is 12.4 Å². The summed E-state index contributed by atoms with van der Waals surface area (Å²) in [5.41, 5.74) is 0. The second-order valence-corrected chi connectivity index (χ2v) is 6.00. The molecule has 0 unspecified atom stereocenters. The number of hydrogen-bond donors (Lipinski definition) is 4. The first kappa shape index (κ1) is 20.0. The number of hydrogen-bond acceptors (Lipinski definition) is 3. The minimum Gasteiger partial charge on any atom is -0.481 e. The first-order chi connectivity index (χ1) is 11.7. The number of anilines is 1. The number of H-pyrrole nitrogens is 1. The van der Waals surface area contributed by atoms with Crippen LogP contribution in [-0.2, 0) is 4.79 Å². The predicted octanol–water partition coefficient (Wildman–Crippen LogP) is 3.91. The molecule has 0 radical (unpaired) electrons. The minimum absolute atomic E-state index is 0.229. The van der Waals surface area contributed by atoms with Gasteiger partial charge in [-0.3, -0.25) is 10.1 Å². The SMILES string of the molecule is O=C(O)CCCCCCCCCCCCNC(=O)Nc1ncc[nH]1. The number of unbranched alkanes of at least 4 members (excludes halogenated alkanes) is 9. The number of carbonyl (C=O) groups excluding carboxylic acids is 1. The summed E-state index contributed by atoms with van der Waals surface area (Å²) in [4.78, 5) is 28.6. The van der Waals surface area contributed by atoms with E-state index in [1.165, 1.54) is 32.1 Å². The highest BCUT2D eigenvalue weighted by Crippen LogP contribution is 2.11. The van der Waals surface area contributed by atoms with Crippen molar-refractivity contribution in [3.05, 3.63) is 12.4 Å². The number of aliphatic carboxylic acids is 1. The lowest BCUT2D eigenvalue weighted by molar-refractivity contribution is -0.137. The number of aromatic nitrogens is 2. The van der Waals surface area contributed by atoms with Crippen molar-refractivity contribution in [2.75, 3.05) is 11.9 Å². The molecule has 1 rings (SSSR count). The smallest absolute Gasteiger partial charge is 0.321 e. The summed E-state index contributed by atoms with van der Waals surface area (Å²) < 4.78 is 0. The van der Waals surface area contributed by atoms with Crippen LogP contribution in [0, 0.1) is 0 Å². The van der Waals surface area contributed by atoms with Gasteiger partial charge in [0.25, 0.3) is 0 Å². The van der Waals surface area contributed by atoms with Crippen LogP contribution < -0.4 is 10.6 Å². The van der Waals surface area contributed by atoms with E-state index in [-0.39, 0.29) is 6.03 Å². The number of rotatable bonds is 14. The number of carboxylic acids is 1. The van der Waals surface area contributed by atoms with Gasteiger partial charge in [-0.05, 0) is 12.8 Å². The molecular weight excluding hydrogens is 308 g/mol. The Labute approximate surface area is 143 Å². The van der Waals surface area contributed by atoms with Crippen molar-refractivity contribution in [3.63, 3.8) is 0 Å². The molecule has 0 fully saturated rings. The molecule has 7 nitrogen and oxygen atoms in total. The van der Waals surface area contributed by atoms with Crippen molar-refractivity contribution in [1.82, 2.24) is 15.3 Å². The highest BCUT2D eigenvalue weighted by molar-refractivity contribution is 5.87. The zero-order valence-electron chi connectivity index (χ0n) is 14.4. The van der Waals surface area contributed by atoms with E-state index in [2.05, 4.69) is 20.6 Å². The number of nitrogens with one attached hydrogen (secondary N) is 3. The summed E-state index contributed by atoms with van der Waals surface area (Å²) >= 11 is 0. The molecule has 1 aromatic heterocycles. The number of amides is 2. The molecule has 0 spiro atoms. The standard InChI is InChI=1S/C17H30N4O3/c22-15(23)11-9-7-5-3-1-2-4-6-8-10-12-20-17(24)21-16-18-13-14-19-16/h13-14H,1-12H2,(H,22,23)(H3,18,19,20,21,24). The lowest BCUT2D eigenvalue weighted by Crippen LogP contribution is -2.29. The van der Waals surface area contributed by atoms with Gasteiger partial charge in [0.1, 0.15) is 0 Å². The van der Waals surface area contributed by atoms with Gasteiger partial charge in [0.05, 0.1) is 0 Å². The lowest BCUT2D eigenvalue weighted by Gasteiger charge is -2.05. The van der Waals surface area contributed by atoms with Gasteiger partial charge in [0.15, 0.2) is 0 Å². The van der Waals surface area contributed by atoms with Crippen LogP contribution >= 0.6 is 0 Å². The van der Waals surface area contributed by atoms with Gasteiger partial charge in [0.2, 0.25) is 5.95 Å². The van der Waals surface area contributed by atoms with Gasteiger partial charge < -0.3 is 15.4 Å². The fourth-order valence-corrected chi connectivity index (χ4v) is 2.50. The molecule has 0 atom stereocenters. The van der Waals surface area contributed by atoms with Crippen molar-refractivity contribution in [3.8, 4) is 0 Å². The molecule has 0 aliphatic rings. The summed E-state index contributed by atoms with van der Waals surface area (Å²) in [5, 5.41) is 14.0. The molecule has 0 saturated heterocycles. The monoisotopic (exact) mass is 338 g/mol. The Bertz CT molecular complexity index is 449. The van der Waals surface area contributed by atoms with Gasteiger partial charge >= 0.3 is 12.0 Å². The second kappa shape index (κ2) is 13.4. The van der Waals surface area contributed by atoms with Gasteiger partial charge in [-0.15, -0.1) is 0 Å². The normalized spacial score (nSPS) is 10.5. The van der Waals surface area contributed by atoms with Gasteiger partial charge in [-0.1, -0.05) is 51.4 Å². The molecule has 0 bridgehead atoms. The molecular formula is C17H30N4O3. The summed E-state index contributed by atoms with van der Waals surface area (Å²) in [6, 6.07) is -0.229. The second-order valence-electron chi connectivity index (χ2n) is 6.00. The summed E-state index contributed by atoms with van der Waals surface area (Å²) in [6.45, 7) is 0.677. The summed E-state index contributed by atoms with van der Waals surface area (Å²) in [7, 11) is 0. The van der Waals surface area contributed by atoms with Gasteiger partial charge in [0, 0.05) is 25.4 Å². The average molecular weight is 338 g/mol. The Morgan fingerprint density at radius 3 is 2.08 bits per heavy atom. The van der Waals surface area contributed by atoms with Crippen molar-refractivity contribution in [2.24, 2.45) is 0 Å². The lowest BCUT2D eigenvalue weighted by atomic mass is 10.1. The van der Waals surface area contributed by atoms with Crippen molar-refractivity contribution >= 4 is 17.9 Å². The average Bonchev–Trinajstić information content (AvgIpc) is 3.04. The predicted molar refractivity (Wildman–Crippen MR) is 94.0 cm³/mol. The zero-order valence-corrected chi connectivity index (χ0v) is 14.4. The molecule has 0 aromatic carbocycles. The van der Waals surface area contributed by atoms with E-state index in [4.69, 9.17) is 5.11 Å². The van der Waals surface area contributed by atoms with Crippen LogP contribution in [0.1, 0.15) is 70.6 Å². The first-order valence-electron chi connectivity index (χ1n) is 8.94. The highest BCUT2D eigenvalue weighted by atomic mass is 16.4. The highest BCUT2D eigenvalue weighted by Gasteiger charge is 2.01. The molecule has 1 heterocycles. The van der Waals surface area contributed by atoms with Gasteiger partial charge in [-0.25, -0.2) is 9.78 Å². The fourth-order valence-electron chi connectivity index (χ4n) is 2.50. The van der Waals surface area contributed by atoms with Crippen molar-refractivity contribution in [2.45, 2.75) is 70.6 Å². The molecule has 4 N–H and O–H groups in total. The van der Waals surface area contributed by atoms with Crippen LogP contribution in [0.5, 0.6) is 0 Å². The molecule has 1 aromatic rings. The van der Waals surface area contributed by atoms with Crippen LogP contribution in [-0.4, -0.2) is 33.6 Å². The maximum absolute atomic E-state index is 11.5. The Morgan fingerprint density at radius 1 is 0.958 bits per heavy atom. The number of carbonyl (C=O) groups is 2. The third-order valence-corrected chi connectivity index (χ3v) is 3.83. The summed E-state index contributed by atoms with van der Waals surface area (Å²) in [6.07, 6.45) is 14.7. The van der Waals surface area contributed by atoms with Crippen LogP contribution in [0.3, 0.4) is 0 Å². The minimum atomic E-state index is -0.692. The molecule has 2 amide bonds. The van der Waals surface area contributed by atoms with Crippen LogP contribution in [0.15, 0.2) is 12.4 Å². The quantitative estimate of drug-likeness (QED) is 0.386. The maximum atomic E-state index is 11.5. The number of nitrogens with zero attached hydrogens (tertiary/aromatic N) is 1. The first-order valence-corrected chi connectivity index (χ1v) is 8.94. The van der Waals surface area contributed by atoms with E-state index in [1.807, 2.05) is 0 Å². The van der Waals surface area contributed by atoms with E-state index < -0.39 is 5.97 Å². The Kier molecular flexibility index (Phi) is 11.2. The molecule has 0 saturated carbocycles. The number of aromatic amines is 1. The van der Waals surface area contributed by atoms with Crippen molar-refractivity contribution < 1.29 is 14.7 Å². The van der Waals surface area contributed by atoms with Crippen LogP contribution in [0.2, 0.25) is 0 Å². The Hall–Kier alpha value is -2.05. The molecule has 0 aliphatic heterocycles. The van der Waals surface area contributed by atoms with E-state index in [9.17, 15) is 9.59 Å². The third-order valence-electron chi connectivity index (χ3n) is 3.83. The van der Waals surface area contributed by atoms with Crippen LogP contribution in [0.25, 0.3) is 0 Å². The topological polar surface area (TPSA) is 107 Å². The summed E-state index contributed by atoms with van der Waals surface area (Å²) in [5.74, 6) is -0.238. The van der Waals surface area contributed by atoms with Crippen molar-refractivity contribution in [1.29, 1.82) is 0 Å². The molecule has 7 heteroatoms. The van der Waals surface area contributed by atoms with Gasteiger partial charge in [-0.2, -0.15) is 0 Å². The number of urea groups is 1. The molecule has 136 valence electrons. The largest absolute Gasteiger partial charge is 0.481 e. The molecule has 0 aliphatic carbocycles. The maximum Gasteiger partial charge on any atom is 0.321 e. The third kappa shape index (κ3) is 11.5. The van der Waals surface area contributed by atoms with E-state index in [0.717, 1.165) is 32.1 Å². The zero-order chi connectivity index (χ0) is 17.5. The van der Waals surface area contributed by atoms with E-state index >= 15 is 0 Å². The van der Waals surface area contributed by atoms with Crippen LogP contribution in [0.4, 0.5) is 10.7 Å². The van der Waals surface area contributed by atoms with E-state index in [0.29, 0.717) is 18.9 Å².